The van der Waals surface area contributed by atoms with Gasteiger partial charge in [0.05, 0.1) is 5.41 Å². The van der Waals surface area contributed by atoms with Crippen LogP contribution in [0.2, 0.25) is 0 Å². The molecule has 0 bridgehead atoms. The van der Waals surface area contributed by atoms with Crippen LogP contribution in [0.25, 0.3) is 0 Å². The van der Waals surface area contributed by atoms with Crippen molar-refractivity contribution in [3.63, 3.8) is 0 Å². The van der Waals surface area contributed by atoms with Crippen molar-refractivity contribution in [3.8, 4) is 0 Å². The first kappa shape index (κ1) is 19.8. The Labute approximate surface area is 148 Å². The van der Waals surface area contributed by atoms with Gasteiger partial charge in [-0.1, -0.05) is 19.9 Å². The van der Waals surface area contributed by atoms with Gasteiger partial charge in [-0.3, -0.25) is 9.69 Å². The van der Waals surface area contributed by atoms with Gasteiger partial charge in [0, 0.05) is 32.2 Å². The fourth-order valence-corrected chi connectivity index (χ4v) is 3.42. The minimum Gasteiger partial charge on any atom is -0.353 e. The maximum atomic E-state index is 13.3. The molecule has 0 radical (unpaired) electrons. The third-order valence-corrected chi connectivity index (χ3v) is 5.54. The van der Waals surface area contributed by atoms with Gasteiger partial charge in [0.25, 0.3) is 0 Å². The van der Waals surface area contributed by atoms with Crippen LogP contribution in [-0.4, -0.2) is 36.5 Å². The molecular weight excluding hydrogens is 324 g/mol. The van der Waals surface area contributed by atoms with E-state index in [-0.39, 0.29) is 11.9 Å². The number of nitrogens with zero attached hydrogens (tertiary/aromatic N) is 1. The molecule has 0 unspecified atom stereocenters. The van der Waals surface area contributed by atoms with Crippen molar-refractivity contribution in [3.05, 3.63) is 35.4 Å². The smallest absolute Gasteiger partial charge is 0.227 e. The Bertz CT molecular complexity index is 574. The lowest BCUT2D eigenvalue weighted by molar-refractivity contribution is -0.132. The van der Waals surface area contributed by atoms with Crippen molar-refractivity contribution < 1.29 is 13.6 Å². The Hall–Kier alpha value is -1.53. The van der Waals surface area contributed by atoms with Gasteiger partial charge in [-0.25, -0.2) is 8.78 Å². The summed E-state index contributed by atoms with van der Waals surface area (Å²) in [4.78, 5) is 14.8. The molecule has 25 heavy (non-hydrogen) atoms. The number of piperidine rings is 1. The quantitative estimate of drug-likeness (QED) is 0.792. The van der Waals surface area contributed by atoms with E-state index in [1.807, 2.05) is 13.8 Å². The van der Waals surface area contributed by atoms with Crippen LogP contribution < -0.4 is 11.1 Å². The van der Waals surface area contributed by atoms with Crippen molar-refractivity contribution in [2.75, 3.05) is 19.6 Å². The van der Waals surface area contributed by atoms with Crippen LogP contribution in [0.15, 0.2) is 18.2 Å². The van der Waals surface area contributed by atoms with Crippen LogP contribution in [0, 0.1) is 17.0 Å². The van der Waals surface area contributed by atoms with Crippen molar-refractivity contribution >= 4 is 5.91 Å². The Balaban J connectivity index is 1.85. The monoisotopic (exact) mass is 353 g/mol. The second-order valence-corrected chi connectivity index (χ2v) is 6.96. The highest BCUT2D eigenvalue weighted by atomic mass is 19.2. The number of carbonyl (C=O) groups excluding carboxylic acids is 1. The third-order valence-electron chi connectivity index (χ3n) is 5.54. The van der Waals surface area contributed by atoms with E-state index in [4.69, 9.17) is 5.73 Å². The zero-order valence-corrected chi connectivity index (χ0v) is 15.2. The molecule has 0 atom stereocenters. The van der Waals surface area contributed by atoms with Gasteiger partial charge in [-0.2, -0.15) is 0 Å². The summed E-state index contributed by atoms with van der Waals surface area (Å²) in [5.41, 5.74) is 6.13. The SMILES string of the molecule is CCC(CC)(CN)C(=O)NC1CCN(Cc2ccc(F)c(F)c2)CC1. The summed E-state index contributed by atoms with van der Waals surface area (Å²) in [7, 11) is 0. The molecule has 0 spiro atoms. The zero-order chi connectivity index (χ0) is 18.4. The molecule has 2 rings (SSSR count). The van der Waals surface area contributed by atoms with E-state index >= 15 is 0 Å². The Morgan fingerprint density at radius 1 is 1.24 bits per heavy atom. The highest BCUT2D eigenvalue weighted by Crippen LogP contribution is 2.26. The van der Waals surface area contributed by atoms with E-state index in [2.05, 4.69) is 10.2 Å². The summed E-state index contributed by atoms with van der Waals surface area (Å²) >= 11 is 0. The van der Waals surface area contributed by atoms with Crippen molar-refractivity contribution in [2.45, 2.75) is 52.1 Å². The number of halogens is 2. The molecule has 0 aromatic heterocycles. The van der Waals surface area contributed by atoms with E-state index in [9.17, 15) is 13.6 Å². The first-order valence-corrected chi connectivity index (χ1v) is 9.11. The molecule has 0 aliphatic carbocycles. The summed E-state index contributed by atoms with van der Waals surface area (Å²) in [6.45, 7) is 6.59. The highest BCUT2D eigenvalue weighted by Gasteiger charge is 2.35. The molecular formula is C19H29F2N3O. The minimum atomic E-state index is -0.819. The molecule has 4 nitrogen and oxygen atoms in total. The van der Waals surface area contributed by atoms with Gasteiger partial charge in [-0.15, -0.1) is 0 Å². The minimum absolute atomic E-state index is 0.0547. The molecule has 1 aliphatic rings. The van der Waals surface area contributed by atoms with E-state index in [1.165, 1.54) is 12.1 Å². The molecule has 140 valence electrons. The Morgan fingerprint density at radius 2 is 1.88 bits per heavy atom. The van der Waals surface area contributed by atoms with Crippen LogP contribution >= 0.6 is 0 Å². The lowest BCUT2D eigenvalue weighted by Crippen LogP contribution is -2.51. The molecule has 6 heteroatoms. The number of benzene rings is 1. The number of hydrogen-bond acceptors (Lipinski definition) is 3. The van der Waals surface area contributed by atoms with Crippen molar-refractivity contribution in [1.82, 2.24) is 10.2 Å². The lowest BCUT2D eigenvalue weighted by atomic mass is 9.81. The second-order valence-electron chi connectivity index (χ2n) is 6.96. The molecule has 1 heterocycles. The number of nitrogens with two attached hydrogens (primary N) is 1. The molecule has 0 saturated carbocycles. The van der Waals surface area contributed by atoms with Crippen LogP contribution in [0.5, 0.6) is 0 Å². The Kier molecular flexibility index (Phi) is 6.90. The van der Waals surface area contributed by atoms with E-state index in [1.54, 1.807) is 6.07 Å². The van der Waals surface area contributed by atoms with Crippen molar-refractivity contribution in [2.24, 2.45) is 11.1 Å². The fourth-order valence-electron chi connectivity index (χ4n) is 3.42. The first-order chi connectivity index (χ1) is 11.9. The normalized spacial score (nSPS) is 16.8. The van der Waals surface area contributed by atoms with Crippen LogP contribution in [0.1, 0.15) is 45.1 Å². The average molecular weight is 353 g/mol. The summed E-state index contributed by atoms with van der Waals surface area (Å²) in [5, 5.41) is 3.16. The second kappa shape index (κ2) is 8.72. The Morgan fingerprint density at radius 3 is 2.40 bits per heavy atom. The topological polar surface area (TPSA) is 58.4 Å². The molecule has 1 amide bonds. The largest absolute Gasteiger partial charge is 0.353 e. The standard InChI is InChI=1S/C19H29F2N3O/c1-3-19(4-2,13-22)18(25)23-15-7-9-24(10-8-15)12-14-5-6-16(20)17(21)11-14/h5-6,11,15H,3-4,7-10,12-13,22H2,1-2H3,(H,23,25). The van der Waals surface area contributed by atoms with Gasteiger partial charge in [-0.05, 0) is 43.4 Å². The summed E-state index contributed by atoms with van der Waals surface area (Å²) < 4.78 is 26.3. The summed E-state index contributed by atoms with van der Waals surface area (Å²) in [6, 6.07) is 4.18. The molecule has 1 fully saturated rings. The maximum Gasteiger partial charge on any atom is 0.227 e. The van der Waals surface area contributed by atoms with Gasteiger partial charge < -0.3 is 11.1 Å². The third kappa shape index (κ3) is 4.76. The van der Waals surface area contributed by atoms with E-state index < -0.39 is 17.0 Å². The maximum absolute atomic E-state index is 13.3. The average Bonchev–Trinajstić information content (AvgIpc) is 2.62. The van der Waals surface area contributed by atoms with Gasteiger partial charge in [0.1, 0.15) is 0 Å². The molecule has 1 aromatic rings. The molecule has 1 aliphatic heterocycles. The number of hydrogen-bond donors (Lipinski definition) is 2. The fraction of sp³-hybridized carbons (Fsp3) is 0.632. The zero-order valence-electron chi connectivity index (χ0n) is 15.2. The van der Waals surface area contributed by atoms with E-state index in [0.717, 1.165) is 44.3 Å². The molecule has 1 aromatic carbocycles. The summed E-state index contributed by atoms with van der Waals surface area (Å²) in [5.74, 6) is -1.57. The molecule has 3 N–H and O–H groups in total. The molecule has 1 saturated heterocycles. The van der Waals surface area contributed by atoms with Crippen LogP contribution in [-0.2, 0) is 11.3 Å². The summed E-state index contributed by atoms with van der Waals surface area (Å²) in [6.07, 6.45) is 3.18. The van der Waals surface area contributed by atoms with Gasteiger partial charge in [0.2, 0.25) is 5.91 Å². The highest BCUT2D eigenvalue weighted by molar-refractivity contribution is 5.83. The number of amides is 1. The predicted octanol–water partition coefficient (Wildman–Crippen LogP) is 2.81. The number of likely N-dealkylation sites (tertiary alicyclic amines) is 1. The number of nitrogens with one attached hydrogen (secondary N) is 1. The van der Waals surface area contributed by atoms with Crippen molar-refractivity contribution in [1.29, 1.82) is 0 Å². The number of carbonyl (C=O) groups is 1. The number of rotatable bonds is 7. The van der Waals surface area contributed by atoms with Crippen LogP contribution in [0.3, 0.4) is 0 Å². The van der Waals surface area contributed by atoms with Gasteiger partial charge >= 0.3 is 0 Å². The van der Waals surface area contributed by atoms with Crippen LogP contribution in [0.4, 0.5) is 8.78 Å². The first-order valence-electron chi connectivity index (χ1n) is 9.11. The predicted molar refractivity (Wildman–Crippen MR) is 94.9 cm³/mol. The van der Waals surface area contributed by atoms with Gasteiger partial charge in [0.15, 0.2) is 11.6 Å². The lowest BCUT2D eigenvalue weighted by Gasteiger charge is -2.35. The van der Waals surface area contributed by atoms with E-state index in [0.29, 0.717) is 13.1 Å².